The van der Waals surface area contributed by atoms with Gasteiger partial charge in [-0.3, -0.25) is 19.6 Å². The zero-order chi connectivity index (χ0) is 17.9. The van der Waals surface area contributed by atoms with Crippen molar-refractivity contribution in [2.24, 2.45) is 5.73 Å². The number of benzene rings is 1. The molecule has 1 atom stereocenters. The maximum atomic E-state index is 13.0. The Labute approximate surface area is 144 Å². The molecule has 0 saturated carbocycles. The third kappa shape index (κ3) is 3.22. The van der Waals surface area contributed by atoms with Crippen molar-refractivity contribution < 1.29 is 14.0 Å². The Hall–Kier alpha value is -2.83. The molecular formula is C18H19FN4O2. The van der Waals surface area contributed by atoms with E-state index >= 15 is 0 Å². The average Bonchev–Trinajstić information content (AvgIpc) is 3.08. The highest BCUT2D eigenvalue weighted by molar-refractivity contribution is 5.91. The largest absolute Gasteiger partial charge is 0.367 e. The molecule has 1 aliphatic rings. The highest BCUT2D eigenvalue weighted by atomic mass is 19.1. The number of primary amides is 1. The molecule has 1 fully saturated rings. The van der Waals surface area contributed by atoms with Gasteiger partial charge < -0.3 is 10.6 Å². The number of likely N-dealkylation sites (tertiary alicyclic amines) is 1. The lowest BCUT2D eigenvalue weighted by Gasteiger charge is -2.35. The molecule has 0 bridgehead atoms. The van der Waals surface area contributed by atoms with Crippen LogP contribution in [-0.2, 0) is 21.5 Å². The second-order valence-corrected chi connectivity index (χ2v) is 6.09. The van der Waals surface area contributed by atoms with Crippen LogP contribution in [0.4, 0.5) is 4.39 Å². The summed E-state index contributed by atoms with van der Waals surface area (Å²) < 4.78 is 13.0. The van der Waals surface area contributed by atoms with E-state index in [0.717, 1.165) is 5.56 Å². The molecule has 2 N–H and O–H groups in total. The van der Waals surface area contributed by atoms with E-state index in [9.17, 15) is 14.0 Å². The molecule has 0 radical (unpaired) electrons. The minimum Gasteiger partial charge on any atom is -0.367 e. The van der Waals surface area contributed by atoms with Gasteiger partial charge in [-0.25, -0.2) is 4.39 Å². The fourth-order valence-corrected chi connectivity index (χ4v) is 3.36. The molecule has 25 heavy (non-hydrogen) atoms. The number of nitrogens with zero attached hydrogens (tertiary/aromatic N) is 3. The molecule has 1 aliphatic heterocycles. The number of hydrogen-bond donors (Lipinski definition) is 1. The minimum atomic E-state index is -1.24. The first-order valence-corrected chi connectivity index (χ1v) is 8.15. The molecular weight excluding hydrogens is 323 g/mol. The van der Waals surface area contributed by atoms with E-state index in [1.807, 2.05) is 0 Å². The van der Waals surface area contributed by atoms with E-state index < -0.39 is 11.4 Å². The number of carbonyl (C=O) groups excluding carboxylic acids is 2. The highest BCUT2D eigenvalue weighted by Crippen LogP contribution is 2.38. The molecule has 1 aromatic carbocycles. The number of aromatic nitrogens is 2. The van der Waals surface area contributed by atoms with Gasteiger partial charge in [-0.2, -0.15) is 0 Å². The van der Waals surface area contributed by atoms with Crippen molar-refractivity contribution >= 4 is 11.8 Å². The van der Waals surface area contributed by atoms with Crippen LogP contribution in [0.25, 0.3) is 0 Å². The molecule has 6 nitrogen and oxygen atoms in total. The van der Waals surface area contributed by atoms with Crippen molar-refractivity contribution in [2.45, 2.75) is 31.2 Å². The van der Waals surface area contributed by atoms with Crippen LogP contribution in [0.1, 0.15) is 30.5 Å². The Morgan fingerprint density at radius 1 is 1.24 bits per heavy atom. The van der Waals surface area contributed by atoms with Crippen LogP contribution >= 0.6 is 0 Å². The first kappa shape index (κ1) is 17.0. The molecule has 3 rings (SSSR count). The predicted molar refractivity (Wildman–Crippen MR) is 88.6 cm³/mol. The number of aryl methyl sites for hydroxylation is 1. The van der Waals surface area contributed by atoms with Gasteiger partial charge in [0.2, 0.25) is 11.8 Å². The van der Waals surface area contributed by atoms with Crippen molar-refractivity contribution in [3.05, 3.63) is 59.9 Å². The zero-order valence-electron chi connectivity index (χ0n) is 13.7. The van der Waals surface area contributed by atoms with Crippen LogP contribution in [-0.4, -0.2) is 33.2 Å². The first-order chi connectivity index (χ1) is 12.0. The van der Waals surface area contributed by atoms with Gasteiger partial charge in [-0.15, -0.1) is 0 Å². The van der Waals surface area contributed by atoms with Gasteiger partial charge in [0.15, 0.2) is 5.54 Å². The average molecular weight is 342 g/mol. The lowest BCUT2D eigenvalue weighted by atomic mass is 9.90. The quantitative estimate of drug-likeness (QED) is 0.893. The molecule has 2 amide bonds. The fraction of sp³-hybridized carbons (Fsp3) is 0.333. The van der Waals surface area contributed by atoms with Crippen molar-refractivity contribution in [1.29, 1.82) is 0 Å². The Balaban J connectivity index is 1.80. The van der Waals surface area contributed by atoms with Crippen LogP contribution in [0.15, 0.2) is 42.9 Å². The normalized spacial score (nSPS) is 19.8. The summed E-state index contributed by atoms with van der Waals surface area (Å²) in [5, 5.41) is 0. The summed E-state index contributed by atoms with van der Waals surface area (Å²) in [4.78, 5) is 34.8. The zero-order valence-corrected chi connectivity index (χ0v) is 13.7. The number of halogens is 1. The second kappa shape index (κ2) is 6.96. The van der Waals surface area contributed by atoms with Crippen molar-refractivity contribution in [3.8, 4) is 0 Å². The third-order valence-corrected chi connectivity index (χ3v) is 4.62. The smallest absolute Gasteiger partial charge is 0.249 e. The Morgan fingerprint density at radius 3 is 2.64 bits per heavy atom. The number of amides is 2. The van der Waals surface area contributed by atoms with Gasteiger partial charge in [0.1, 0.15) is 5.82 Å². The van der Waals surface area contributed by atoms with E-state index in [2.05, 4.69) is 9.97 Å². The molecule has 1 saturated heterocycles. The molecule has 1 aromatic heterocycles. The molecule has 2 aromatic rings. The van der Waals surface area contributed by atoms with Crippen molar-refractivity contribution in [2.75, 3.05) is 6.54 Å². The summed E-state index contributed by atoms with van der Waals surface area (Å²) in [6.45, 7) is 0.446. The highest BCUT2D eigenvalue weighted by Gasteiger charge is 2.51. The van der Waals surface area contributed by atoms with Gasteiger partial charge in [0.25, 0.3) is 0 Å². The van der Waals surface area contributed by atoms with Gasteiger partial charge in [0.05, 0.1) is 11.9 Å². The summed E-state index contributed by atoms with van der Waals surface area (Å²) in [6.07, 6.45) is 6.25. The number of rotatable bonds is 5. The van der Waals surface area contributed by atoms with Crippen LogP contribution < -0.4 is 5.73 Å². The third-order valence-electron chi connectivity index (χ3n) is 4.62. The summed E-state index contributed by atoms with van der Waals surface area (Å²) in [7, 11) is 0. The van der Waals surface area contributed by atoms with Crippen LogP contribution in [0, 0.1) is 5.82 Å². The molecule has 130 valence electrons. The first-order valence-electron chi connectivity index (χ1n) is 8.15. The Kier molecular flexibility index (Phi) is 4.74. The molecule has 7 heteroatoms. The van der Waals surface area contributed by atoms with Crippen molar-refractivity contribution in [3.63, 3.8) is 0 Å². The summed E-state index contributed by atoms with van der Waals surface area (Å²) in [5.74, 6) is -1.09. The summed E-state index contributed by atoms with van der Waals surface area (Å²) in [6, 6.07) is 6.03. The lowest BCUT2D eigenvalue weighted by molar-refractivity contribution is -0.144. The minimum absolute atomic E-state index is 0.175. The van der Waals surface area contributed by atoms with E-state index in [1.54, 1.807) is 12.1 Å². The van der Waals surface area contributed by atoms with Crippen LogP contribution in [0.2, 0.25) is 0 Å². The SMILES string of the molecule is NC(=O)C1(c2cnccn2)CCCN1C(=O)CCc1ccc(F)cc1. The van der Waals surface area contributed by atoms with E-state index in [1.165, 1.54) is 35.6 Å². The molecule has 2 heterocycles. The number of hydrogen-bond acceptors (Lipinski definition) is 4. The van der Waals surface area contributed by atoms with E-state index in [4.69, 9.17) is 5.73 Å². The maximum Gasteiger partial charge on any atom is 0.249 e. The second-order valence-electron chi connectivity index (χ2n) is 6.09. The fourth-order valence-electron chi connectivity index (χ4n) is 3.36. The van der Waals surface area contributed by atoms with Crippen molar-refractivity contribution in [1.82, 2.24) is 14.9 Å². The predicted octanol–water partition coefficient (Wildman–Crippen LogP) is 1.55. The summed E-state index contributed by atoms with van der Waals surface area (Å²) >= 11 is 0. The molecule has 0 aliphatic carbocycles. The van der Waals surface area contributed by atoms with E-state index in [-0.39, 0.29) is 18.1 Å². The maximum absolute atomic E-state index is 13.0. The van der Waals surface area contributed by atoms with Crippen LogP contribution in [0.5, 0.6) is 0 Å². The van der Waals surface area contributed by atoms with Gasteiger partial charge in [-0.05, 0) is 37.0 Å². The number of nitrogens with two attached hydrogens (primary N) is 1. The standard InChI is InChI=1S/C18H19FN4O2/c19-14-5-2-13(3-6-14)4-7-16(24)23-11-1-8-18(23,17(20)25)15-12-21-9-10-22-15/h2-3,5-6,9-10,12H,1,4,7-8,11H2,(H2,20,25). The Bertz CT molecular complexity index is 766. The molecule has 1 unspecified atom stereocenters. The van der Waals surface area contributed by atoms with Gasteiger partial charge in [0, 0.05) is 25.4 Å². The van der Waals surface area contributed by atoms with Gasteiger partial charge in [-0.1, -0.05) is 12.1 Å². The monoisotopic (exact) mass is 342 g/mol. The summed E-state index contributed by atoms with van der Waals surface area (Å²) in [5.41, 5.74) is 5.69. The lowest BCUT2D eigenvalue weighted by Crippen LogP contribution is -2.54. The van der Waals surface area contributed by atoms with Gasteiger partial charge >= 0.3 is 0 Å². The van der Waals surface area contributed by atoms with E-state index in [0.29, 0.717) is 31.5 Å². The van der Waals surface area contributed by atoms with Crippen LogP contribution in [0.3, 0.4) is 0 Å². The Morgan fingerprint density at radius 2 is 2.00 bits per heavy atom. The number of carbonyl (C=O) groups is 2. The topological polar surface area (TPSA) is 89.2 Å². The molecule has 0 spiro atoms.